The second-order valence-corrected chi connectivity index (χ2v) is 5.40. The number of nitro benzene ring substituents is 1. The third-order valence-corrected chi connectivity index (χ3v) is 4.06. The second kappa shape index (κ2) is 5.25. The number of hydrogen-bond acceptors (Lipinski definition) is 5. The number of carbonyl (C=O) groups excluding carboxylic acids is 2. The lowest BCUT2D eigenvalue weighted by molar-refractivity contribution is -0.384. The van der Waals surface area contributed by atoms with Gasteiger partial charge in [-0.1, -0.05) is 0 Å². The number of fused-ring (bicyclic) bond motifs is 1. The van der Waals surface area contributed by atoms with Crippen molar-refractivity contribution in [3.8, 4) is 0 Å². The highest BCUT2D eigenvalue weighted by atomic mass is 16.6. The monoisotopic (exact) mass is 289 g/mol. The summed E-state index contributed by atoms with van der Waals surface area (Å²) in [7, 11) is 0. The number of nitro groups is 1. The summed E-state index contributed by atoms with van der Waals surface area (Å²) in [5.41, 5.74) is 0.237. The molecule has 0 aromatic heterocycles. The number of imide groups is 1. The van der Waals surface area contributed by atoms with E-state index in [9.17, 15) is 19.7 Å². The molecule has 110 valence electrons. The first kappa shape index (κ1) is 13.7. The molecule has 7 heteroatoms. The molecule has 0 spiro atoms. The van der Waals surface area contributed by atoms with Crippen LogP contribution in [0.2, 0.25) is 0 Å². The van der Waals surface area contributed by atoms with E-state index in [2.05, 4.69) is 5.32 Å². The fourth-order valence-electron chi connectivity index (χ4n) is 2.88. The van der Waals surface area contributed by atoms with E-state index < -0.39 is 10.8 Å². The molecule has 0 aliphatic carbocycles. The highest BCUT2D eigenvalue weighted by Gasteiger charge is 2.37. The number of hydrogen-bond donors (Lipinski definition) is 1. The highest BCUT2D eigenvalue weighted by molar-refractivity contribution is 6.21. The van der Waals surface area contributed by atoms with Crippen LogP contribution in [-0.4, -0.2) is 41.3 Å². The molecule has 0 unspecified atom stereocenters. The van der Waals surface area contributed by atoms with Crippen LogP contribution in [0.3, 0.4) is 0 Å². The highest BCUT2D eigenvalue weighted by Crippen LogP contribution is 2.28. The van der Waals surface area contributed by atoms with Gasteiger partial charge in [0.15, 0.2) is 0 Å². The summed E-state index contributed by atoms with van der Waals surface area (Å²) < 4.78 is 0. The minimum absolute atomic E-state index is 0.142. The molecule has 0 atom stereocenters. The quantitative estimate of drug-likeness (QED) is 0.512. The Morgan fingerprint density at radius 2 is 1.86 bits per heavy atom. The maximum Gasteiger partial charge on any atom is 0.270 e. The van der Waals surface area contributed by atoms with E-state index in [4.69, 9.17) is 0 Å². The Labute approximate surface area is 121 Å². The molecule has 2 aliphatic rings. The Bertz CT molecular complexity index is 623. The molecule has 3 rings (SSSR count). The molecular formula is C14H15N3O4. The predicted octanol–water partition coefficient (Wildman–Crippen LogP) is 1.19. The zero-order valence-corrected chi connectivity index (χ0v) is 11.4. The first-order valence-electron chi connectivity index (χ1n) is 6.93. The standard InChI is InChI=1S/C14H15N3O4/c18-13-11-2-1-10(17(20)21)7-12(11)14(19)16(13)8-9-3-5-15-6-4-9/h1-2,7,9,15H,3-6,8H2. The van der Waals surface area contributed by atoms with E-state index in [-0.39, 0.29) is 22.7 Å². The van der Waals surface area contributed by atoms with Gasteiger partial charge in [-0.2, -0.15) is 0 Å². The molecule has 0 saturated carbocycles. The molecule has 1 N–H and O–H groups in total. The molecule has 2 amide bonds. The number of carbonyl (C=O) groups is 2. The van der Waals surface area contributed by atoms with Gasteiger partial charge in [-0.15, -0.1) is 0 Å². The van der Waals surface area contributed by atoms with Crippen molar-refractivity contribution < 1.29 is 14.5 Å². The van der Waals surface area contributed by atoms with E-state index in [1.807, 2.05) is 0 Å². The van der Waals surface area contributed by atoms with Gasteiger partial charge < -0.3 is 5.32 Å². The lowest BCUT2D eigenvalue weighted by atomic mass is 9.97. The number of piperidine rings is 1. The third kappa shape index (κ3) is 2.40. The summed E-state index contributed by atoms with van der Waals surface area (Å²) in [5.74, 6) is -0.468. The van der Waals surface area contributed by atoms with Gasteiger partial charge in [-0.05, 0) is 37.9 Å². The van der Waals surface area contributed by atoms with E-state index in [1.54, 1.807) is 0 Å². The van der Waals surface area contributed by atoms with Crippen LogP contribution in [0, 0.1) is 16.0 Å². The maximum absolute atomic E-state index is 12.3. The zero-order valence-electron chi connectivity index (χ0n) is 11.4. The van der Waals surface area contributed by atoms with Gasteiger partial charge in [0.1, 0.15) is 0 Å². The molecule has 1 saturated heterocycles. The van der Waals surface area contributed by atoms with Crippen molar-refractivity contribution >= 4 is 17.5 Å². The van der Waals surface area contributed by atoms with Crippen molar-refractivity contribution in [1.29, 1.82) is 0 Å². The van der Waals surface area contributed by atoms with Crippen LogP contribution in [0.15, 0.2) is 18.2 Å². The molecule has 21 heavy (non-hydrogen) atoms. The molecule has 1 aromatic carbocycles. The maximum atomic E-state index is 12.3. The molecule has 1 fully saturated rings. The first-order valence-corrected chi connectivity index (χ1v) is 6.93. The lowest BCUT2D eigenvalue weighted by Crippen LogP contribution is -2.38. The van der Waals surface area contributed by atoms with E-state index >= 15 is 0 Å². The van der Waals surface area contributed by atoms with Crippen molar-refractivity contribution in [2.45, 2.75) is 12.8 Å². The molecule has 2 aliphatic heterocycles. The Balaban J connectivity index is 1.84. The summed E-state index contributed by atoms with van der Waals surface area (Å²) in [6.45, 7) is 2.17. The minimum atomic E-state index is -0.562. The molecule has 2 heterocycles. The van der Waals surface area contributed by atoms with Gasteiger partial charge in [0.25, 0.3) is 17.5 Å². The van der Waals surface area contributed by atoms with Crippen LogP contribution in [0.25, 0.3) is 0 Å². The van der Waals surface area contributed by atoms with E-state index in [1.165, 1.54) is 23.1 Å². The van der Waals surface area contributed by atoms with Crippen LogP contribution in [0.4, 0.5) is 5.69 Å². The number of benzene rings is 1. The Kier molecular flexibility index (Phi) is 3.42. The van der Waals surface area contributed by atoms with Gasteiger partial charge in [0.05, 0.1) is 16.1 Å². The van der Waals surface area contributed by atoms with E-state index in [0.29, 0.717) is 12.5 Å². The van der Waals surface area contributed by atoms with Crippen molar-refractivity contribution in [1.82, 2.24) is 10.2 Å². The number of nitrogens with zero attached hydrogens (tertiary/aromatic N) is 2. The summed E-state index contributed by atoms with van der Waals surface area (Å²) in [5, 5.41) is 14.0. The Morgan fingerprint density at radius 3 is 2.52 bits per heavy atom. The van der Waals surface area contributed by atoms with Crippen LogP contribution in [-0.2, 0) is 0 Å². The Morgan fingerprint density at radius 1 is 1.19 bits per heavy atom. The second-order valence-electron chi connectivity index (χ2n) is 5.40. The van der Waals surface area contributed by atoms with Gasteiger partial charge >= 0.3 is 0 Å². The van der Waals surface area contributed by atoms with Crippen LogP contribution >= 0.6 is 0 Å². The number of nitrogens with one attached hydrogen (secondary N) is 1. The summed E-state index contributed by atoms with van der Waals surface area (Å²) in [6, 6.07) is 3.83. The average Bonchev–Trinajstić information content (AvgIpc) is 2.73. The smallest absolute Gasteiger partial charge is 0.270 e. The predicted molar refractivity (Wildman–Crippen MR) is 74.1 cm³/mol. The molecule has 7 nitrogen and oxygen atoms in total. The first-order chi connectivity index (χ1) is 10.1. The summed E-state index contributed by atoms with van der Waals surface area (Å²) >= 11 is 0. The molecule has 1 aromatic rings. The largest absolute Gasteiger partial charge is 0.317 e. The fraction of sp³-hybridized carbons (Fsp3) is 0.429. The SMILES string of the molecule is O=C1c2ccc([N+](=O)[O-])cc2C(=O)N1CC1CCNCC1. The van der Waals surface area contributed by atoms with Gasteiger partial charge in [0, 0.05) is 18.7 Å². The molecular weight excluding hydrogens is 274 g/mol. The normalized spacial score (nSPS) is 19.0. The third-order valence-electron chi connectivity index (χ3n) is 4.06. The van der Waals surface area contributed by atoms with Crippen molar-refractivity contribution in [3.05, 3.63) is 39.4 Å². The lowest BCUT2D eigenvalue weighted by Gasteiger charge is -2.26. The van der Waals surface area contributed by atoms with Gasteiger partial charge in [-0.3, -0.25) is 24.6 Å². The number of non-ortho nitro benzene ring substituents is 1. The fourth-order valence-corrected chi connectivity index (χ4v) is 2.88. The van der Waals surface area contributed by atoms with Crippen molar-refractivity contribution in [3.63, 3.8) is 0 Å². The van der Waals surface area contributed by atoms with Crippen LogP contribution in [0.1, 0.15) is 33.6 Å². The molecule has 0 radical (unpaired) electrons. The zero-order chi connectivity index (χ0) is 15.0. The van der Waals surface area contributed by atoms with E-state index in [0.717, 1.165) is 25.9 Å². The topological polar surface area (TPSA) is 92.5 Å². The van der Waals surface area contributed by atoms with Gasteiger partial charge in [-0.25, -0.2) is 0 Å². The van der Waals surface area contributed by atoms with Crippen LogP contribution < -0.4 is 5.32 Å². The Hall–Kier alpha value is -2.28. The minimum Gasteiger partial charge on any atom is -0.317 e. The van der Waals surface area contributed by atoms with Crippen LogP contribution in [0.5, 0.6) is 0 Å². The average molecular weight is 289 g/mol. The summed E-state index contributed by atoms with van der Waals surface area (Å²) in [4.78, 5) is 36.0. The number of rotatable bonds is 3. The van der Waals surface area contributed by atoms with Crippen molar-refractivity contribution in [2.24, 2.45) is 5.92 Å². The summed E-state index contributed by atoms with van der Waals surface area (Å²) in [6.07, 6.45) is 1.85. The molecule has 0 bridgehead atoms. The number of amides is 2. The van der Waals surface area contributed by atoms with Gasteiger partial charge in [0.2, 0.25) is 0 Å². The van der Waals surface area contributed by atoms with Crippen molar-refractivity contribution in [2.75, 3.05) is 19.6 Å².